The first-order valence-electron chi connectivity index (χ1n) is 15.3. The molecule has 2 heterocycles. The van der Waals surface area contributed by atoms with Crippen molar-refractivity contribution in [3.8, 4) is 0 Å². The van der Waals surface area contributed by atoms with Crippen LogP contribution >= 0.6 is 0 Å². The lowest BCUT2D eigenvalue weighted by Crippen LogP contribution is -2.58. The molecule has 0 fully saturated rings. The predicted octanol–water partition coefficient (Wildman–Crippen LogP) is -0.770. The number of nitrogens with two attached hydrogens (primary N) is 4. The first-order valence-corrected chi connectivity index (χ1v) is 15.3. The number of amides is 4. The van der Waals surface area contributed by atoms with Crippen molar-refractivity contribution in [1.82, 2.24) is 25.9 Å². The second-order valence-corrected chi connectivity index (χ2v) is 11.4. The maximum absolute atomic E-state index is 13.8. The number of hydrogen-bond acceptors (Lipinski definition) is 7. The van der Waals surface area contributed by atoms with E-state index in [1.165, 1.54) is 0 Å². The Hall–Kier alpha value is -5.90. The molecule has 4 rings (SSSR count). The molecule has 4 aromatic rings. The molecule has 48 heavy (non-hydrogen) atoms. The zero-order chi connectivity index (χ0) is 34.8. The standard InChI is InChI=1S/C32H40N10O6/c33-21(14-27(34)43)28(44)41-25(12-17-15-38-22-8-3-1-6-19(17)22)30(46)40-24(10-5-11-37-32(35)36)29(45)42-26(31(47)48)13-18-16-39-23-9-4-2-7-20(18)23/h1-4,6-9,15-16,21,24-26,38-39H,5,10-14,33H2,(H2,34,43)(H,40,46)(H,41,44)(H,42,45)(H,47,48)(H4,35,36,37). The summed E-state index contributed by atoms with van der Waals surface area (Å²) in [5.41, 5.74) is 24.9. The van der Waals surface area contributed by atoms with Crippen LogP contribution in [0.15, 0.2) is 65.9 Å². The molecule has 0 aliphatic heterocycles. The summed E-state index contributed by atoms with van der Waals surface area (Å²) in [6.45, 7) is 0.136. The highest BCUT2D eigenvalue weighted by atomic mass is 16.4. The molecule has 0 radical (unpaired) electrons. The minimum absolute atomic E-state index is 0.00840. The Balaban J connectivity index is 1.57. The van der Waals surface area contributed by atoms with Crippen LogP contribution in [0.2, 0.25) is 0 Å². The first kappa shape index (κ1) is 35.0. The van der Waals surface area contributed by atoms with Crippen LogP contribution in [0, 0.1) is 0 Å². The number of aromatic nitrogens is 2. The fraction of sp³-hybridized carbons (Fsp3) is 0.312. The zero-order valence-corrected chi connectivity index (χ0v) is 26.1. The Morgan fingerprint density at radius 2 is 1.23 bits per heavy atom. The summed E-state index contributed by atoms with van der Waals surface area (Å²) in [4.78, 5) is 74.2. The smallest absolute Gasteiger partial charge is 0.326 e. The third-order valence-corrected chi connectivity index (χ3v) is 7.78. The molecule has 0 spiro atoms. The van der Waals surface area contributed by atoms with Crippen molar-refractivity contribution in [3.63, 3.8) is 0 Å². The monoisotopic (exact) mass is 660 g/mol. The Labute approximate surface area is 275 Å². The number of rotatable bonds is 17. The van der Waals surface area contributed by atoms with Gasteiger partial charge in [0.1, 0.15) is 18.1 Å². The molecule has 0 aliphatic carbocycles. The molecule has 14 N–H and O–H groups in total. The molecule has 16 heteroatoms. The van der Waals surface area contributed by atoms with Crippen LogP contribution in [0.4, 0.5) is 0 Å². The van der Waals surface area contributed by atoms with E-state index in [0.717, 1.165) is 21.8 Å². The third kappa shape index (κ3) is 9.32. The number of carboxylic acid groups (broad SMARTS) is 1. The Morgan fingerprint density at radius 3 is 1.77 bits per heavy atom. The first-order chi connectivity index (χ1) is 22.9. The van der Waals surface area contributed by atoms with Crippen LogP contribution in [0.25, 0.3) is 21.8 Å². The summed E-state index contributed by atoms with van der Waals surface area (Å²) in [5, 5.41) is 19.4. The molecule has 0 bridgehead atoms. The van der Waals surface area contributed by atoms with Gasteiger partial charge in [-0.15, -0.1) is 0 Å². The van der Waals surface area contributed by atoms with E-state index in [4.69, 9.17) is 22.9 Å². The number of benzene rings is 2. The number of H-pyrrole nitrogens is 2. The Morgan fingerprint density at radius 1 is 0.729 bits per heavy atom. The highest BCUT2D eigenvalue weighted by Crippen LogP contribution is 2.21. The second-order valence-electron chi connectivity index (χ2n) is 11.4. The van der Waals surface area contributed by atoms with Gasteiger partial charge < -0.3 is 54.0 Å². The van der Waals surface area contributed by atoms with Crippen molar-refractivity contribution in [3.05, 3.63) is 72.1 Å². The van der Waals surface area contributed by atoms with Gasteiger partial charge in [0.15, 0.2) is 5.96 Å². The molecule has 2 aromatic carbocycles. The van der Waals surface area contributed by atoms with Gasteiger partial charge in [0, 0.05) is 53.6 Å². The van der Waals surface area contributed by atoms with Gasteiger partial charge in [-0.1, -0.05) is 36.4 Å². The van der Waals surface area contributed by atoms with Gasteiger partial charge in [-0.25, -0.2) is 4.79 Å². The van der Waals surface area contributed by atoms with E-state index in [-0.39, 0.29) is 38.2 Å². The highest BCUT2D eigenvalue weighted by Gasteiger charge is 2.31. The summed E-state index contributed by atoms with van der Waals surface area (Å²) in [7, 11) is 0. The number of nitrogens with one attached hydrogen (secondary N) is 5. The maximum atomic E-state index is 13.8. The fourth-order valence-electron chi connectivity index (χ4n) is 5.36. The molecule has 0 aliphatic rings. The molecule has 16 nitrogen and oxygen atoms in total. The number of aliphatic carboxylic acids is 1. The minimum Gasteiger partial charge on any atom is -0.480 e. The van der Waals surface area contributed by atoms with E-state index in [1.807, 2.05) is 48.5 Å². The van der Waals surface area contributed by atoms with Gasteiger partial charge in [0.05, 0.1) is 12.5 Å². The molecule has 4 atom stereocenters. The van der Waals surface area contributed by atoms with E-state index in [2.05, 4.69) is 30.9 Å². The molecular formula is C32H40N10O6. The van der Waals surface area contributed by atoms with Crippen LogP contribution in [-0.4, -0.2) is 81.3 Å². The van der Waals surface area contributed by atoms with Gasteiger partial charge in [0.25, 0.3) is 0 Å². The van der Waals surface area contributed by atoms with Crippen molar-refractivity contribution >= 4 is 57.4 Å². The minimum atomic E-state index is -1.33. The van der Waals surface area contributed by atoms with Gasteiger partial charge in [-0.2, -0.15) is 0 Å². The predicted molar refractivity (Wildman–Crippen MR) is 179 cm³/mol. The summed E-state index contributed by atoms with van der Waals surface area (Å²) in [5.74, 6) is -4.53. The number of guanidine groups is 1. The second kappa shape index (κ2) is 16.1. The quantitative estimate of drug-likeness (QED) is 0.0386. The molecule has 254 valence electrons. The molecule has 0 saturated heterocycles. The summed E-state index contributed by atoms with van der Waals surface area (Å²) >= 11 is 0. The number of carbonyl (C=O) groups excluding carboxylic acids is 4. The largest absolute Gasteiger partial charge is 0.480 e. The number of primary amides is 1. The van der Waals surface area contributed by atoms with Gasteiger partial charge >= 0.3 is 5.97 Å². The molecule has 2 aromatic heterocycles. The van der Waals surface area contributed by atoms with Crippen LogP contribution in [0.3, 0.4) is 0 Å². The van der Waals surface area contributed by atoms with E-state index in [9.17, 15) is 29.1 Å². The lowest BCUT2D eigenvalue weighted by atomic mass is 10.0. The van der Waals surface area contributed by atoms with E-state index < -0.39 is 60.2 Å². The van der Waals surface area contributed by atoms with Crippen molar-refractivity contribution in [2.75, 3.05) is 6.54 Å². The average Bonchev–Trinajstić information content (AvgIpc) is 3.65. The van der Waals surface area contributed by atoms with Crippen molar-refractivity contribution in [1.29, 1.82) is 0 Å². The molecular weight excluding hydrogens is 620 g/mol. The zero-order valence-electron chi connectivity index (χ0n) is 26.1. The van der Waals surface area contributed by atoms with Crippen LogP contribution in [-0.2, 0) is 36.8 Å². The van der Waals surface area contributed by atoms with E-state index >= 15 is 0 Å². The maximum Gasteiger partial charge on any atom is 0.326 e. The summed E-state index contributed by atoms with van der Waals surface area (Å²) in [6, 6.07) is 9.57. The molecule has 0 saturated carbocycles. The van der Waals surface area contributed by atoms with E-state index in [0.29, 0.717) is 11.1 Å². The van der Waals surface area contributed by atoms with Crippen molar-refractivity contribution < 1.29 is 29.1 Å². The molecule has 4 amide bonds. The summed E-state index contributed by atoms with van der Waals surface area (Å²) in [6.07, 6.45) is 3.17. The third-order valence-electron chi connectivity index (χ3n) is 7.78. The topological polar surface area (TPSA) is 290 Å². The lowest BCUT2D eigenvalue weighted by molar-refractivity contribution is -0.142. The Bertz CT molecular complexity index is 1810. The number of carboxylic acids is 1. The molecule has 4 unspecified atom stereocenters. The number of fused-ring (bicyclic) bond motifs is 2. The van der Waals surface area contributed by atoms with Crippen LogP contribution in [0.1, 0.15) is 30.4 Å². The summed E-state index contributed by atoms with van der Waals surface area (Å²) < 4.78 is 0. The Kier molecular flexibility index (Phi) is 11.7. The fourth-order valence-corrected chi connectivity index (χ4v) is 5.36. The van der Waals surface area contributed by atoms with E-state index in [1.54, 1.807) is 12.4 Å². The lowest BCUT2D eigenvalue weighted by Gasteiger charge is -2.25. The highest BCUT2D eigenvalue weighted by molar-refractivity contribution is 5.96. The van der Waals surface area contributed by atoms with Gasteiger partial charge in [0.2, 0.25) is 23.6 Å². The number of nitrogens with zero attached hydrogens (tertiary/aromatic N) is 1. The van der Waals surface area contributed by atoms with Crippen LogP contribution < -0.4 is 38.9 Å². The van der Waals surface area contributed by atoms with Crippen molar-refractivity contribution in [2.24, 2.45) is 27.9 Å². The number of aliphatic imine (C=N–C) groups is 1. The van der Waals surface area contributed by atoms with Gasteiger partial charge in [-0.3, -0.25) is 24.2 Å². The number of hydrogen-bond donors (Lipinski definition) is 10. The number of carbonyl (C=O) groups is 5. The SMILES string of the molecule is NC(=O)CC(N)C(=O)NC(Cc1c[nH]c2ccccc12)C(=O)NC(CCCN=C(N)N)C(=O)NC(Cc1c[nH]c2ccccc12)C(=O)O. The normalized spacial score (nSPS) is 13.6. The number of para-hydroxylation sites is 2. The van der Waals surface area contributed by atoms with Gasteiger partial charge in [-0.05, 0) is 36.1 Å². The van der Waals surface area contributed by atoms with Crippen LogP contribution in [0.5, 0.6) is 0 Å². The average molecular weight is 661 g/mol. The number of aromatic amines is 2. The van der Waals surface area contributed by atoms with Crippen molar-refractivity contribution in [2.45, 2.75) is 56.3 Å².